The first-order chi connectivity index (χ1) is 19.1. The van der Waals surface area contributed by atoms with E-state index >= 15 is 0 Å². The Kier molecular flexibility index (Phi) is 6.11. The lowest BCUT2D eigenvalue weighted by Crippen LogP contribution is -2.38. The first-order valence-corrected chi connectivity index (χ1v) is 15.4. The number of piperidine rings is 1. The van der Waals surface area contributed by atoms with Crippen LogP contribution in [0.5, 0.6) is 0 Å². The third kappa shape index (κ3) is 4.27. The third-order valence-corrected chi connectivity index (χ3v) is 10.5. The number of nitrogens with zero attached hydrogens (tertiary/aromatic N) is 5. The maximum atomic E-state index is 6.63. The Bertz CT molecular complexity index is 1530. The molecule has 2 aliphatic heterocycles. The van der Waals surface area contributed by atoms with Gasteiger partial charge in [-0.2, -0.15) is 0 Å². The van der Waals surface area contributed by atoms with Crippen LogP contribution in [0.1, 0.15) is 55.3 Å². The SMILES string of the molecule is Clc1cccc(Cl)c1-c1nnn(C2CC2)c1CO[C@@H]1C[C@@H]2C[C@H]1CN2c1nc2c([C@@H]3CCOC3)cccc2s1. The minimum Gasteiger partial charge on any atom is -0.381 e. The highest BCUT2D eigenvalue weighted by molar-refractivity contribution is 7.22. The number of benzene rings is 2. The number of anilines is 1. The quantitative estimate of drug-likeness (QED) is 0.237. The Morgan fingerprint density at radius 3 is 2.62 bits per heavy atom. The number of ether oxygens (including phenoxy) is 2. The Balaban J connectivity index is 1.00. The molecule has 4 fully saturated rings. The summed E-state index contributed by atoms with van der Waals surface area (Å²) in [5.74, 6) is 0.947. The number of thiazole rings is 1. The predicted octanol–water partition coefficient (Wildman–Crippen LogP) is 6.88. The van der Waals surface area contributed by atoms with Crippen molar-refractivity contribution in [1.29, 1.82) is 0 Å². The summed E-state index contributed by atoms with van der Waals surface area (Å²) in [6, 6.07) is 13.0. The van der Waals surface area contributed by atoms with E-state index in [1.54, 1.807) is 0 Å². The molecule has 7 nitrogen and oxygen atoms in total. The zero-order chi connectivity index (χ0) is 26.1. The number of aromatic nitrogens is 4. The number of rotatable bonds is 7. The van der Waals surface area contributed by atoms with Gasteiger partial charge in [0.25, 0.3) is 0 Å². The lowest BCUT2D eigenvalue weighted by molar-refractivity contribution is 0.00958. The highest BCUT2D eigenvalue weighted by Gasteiger charge is 2.46. The van der Waals surface area contributed by atoms with E-state index in [0.29, 0.717) is 40.6 Å². The normalized spacial score (nSPS) is 26.4. The fourth-order valence-corrected chi connectivity index (χ4v) is 8.36. The van der Waals surface area contributed by atoms with Crippen molar-refractivity contribution in [2.75, 3.05) is 24.7 Å². The van der Waals surface area contributed by atoms with Gasteiger partial charge in [-0.25, -0.2) is 9.67 Å². The van der Waals surface area contributed by atoms with Crippen LogP contribution in [-0.2, 0) is 16.1 Å². The van der Waals surface area contributed by atoms with E-state index in [2.05, 4.69) is 33.4 Å². The third-order valence-electron chi connectivity index (χ3n) is 8.85. The van der Waals surface area contributed by atoms with Crippen molar-refractivity contribution >= 4 is 49.9 Å². The summed E-state index contributed by atoms with van der Waals surface area (Å²) in [7, 11) is 0. The number of hydrogen-bond acceptors (Lipinski definition) is 7. The van der Waals surface area contributed by atoms with Crippen molar-refractivity contribution in [3.05, 3.63) is 57.7 Å². The molecule has 8 rings (SSSR count). The largest absolute Gasteiger partial charge is 0.381 e. The molecule has 39 heavy (non-hydrogen) atoms. The van der Waals surface area contributed by atoms with Gasteiger partial charge >= 0.3 is 0 Å². The summed E-state index contributed by atoms with van der Waals surface area (Å²) in [6.07, 6.45) is 5.69. The highest BCUT2D eigenvalue weighted by Crippen LogP contribution is 2.46. The van der Waals surface area contributed by atoms with Gasteiger partial charge in [0, 0.05) is 36.6 Å². The van der Waals surface area contributed by atoms with Crippen molar-refractivity contribution in [3.63, 3.8) is 0 Å². The second kappa shape index (κ2) is 9.70. The lowest BCUT2D eigenvalue weighted by Gasteiger charge is -2.31. The zero-order valence-electron chi connectivity index (χ0n) is 21.4. The van der Waals surface area contributed by atoms with Crippen molar-refractivity contribution in [3.8, 4) is 11.3 Å². The monoisotopic (exact) mass is 581 g/mol. The summed E-state index contributed by atoms with van der Waals surface area (Å²) in [6.45, 7) is 3.10. The number of hydrogen-bond donors (Lipinski definition) is 0. The smallest absolute Gasteiger partial charge is 0.186 e. The van der Waals surface area contributed by atoms with E-state index in [-0.39, 0.29) is 6.10 Å². The van der Waals surface area contributed by atoms with Gasteiger partial charge in [-0.1, -0.05) is 58.0 Å². The van der Waals surface area contributed by atoms with Crippen LogP contribution in [0.3, 0.4) is 0 Å². The fraction of sp³-hybridized carbons (Fsp3) is 0.483. The highest BCUT2D eigenvalue weighted by atomic mass is 35.5. The Hall–Kier alpha value is -2.23. The summed E-state index contributed by atoms with van der Waals surface area (Å²) >= 11 is 14.9. The fourth-order valence-electron chi connectivity index (χ4n) is 6.70. The zero-order valence-corrected chi connectivity index (χ0v) is 23.8. The molecule has 2 aromatic carbocycles. The van der Waals surface area contributed by atoms with Crippen molar-refractivity contribution in [1.82, 2.24) is 20.0 Å². The second-order valence-corrected chi connectivity index (χ2v) is 13.1. The summed E-state index contributed by atoms with van der Waals surface area (Å²) in [5, 5.41) is 11.3. The maximum Gasteiger partial charge on any atom is 0.186 e. The summed E-state index contributed by atoms with van der Waals surface area (Å²) in [5.41, 5.74) is 4.95. The van der Waals surface area contributed by atoms with Crippen LogP contribution in [0.15, 0.2) is 36.4 Å². The minimum atomic E-state index is 0.212. The molecule has 2 aromatic heterocycles. The van der Waals surface area contributed by atoms with E-state index in [1.807, 2.05) is 34.2 Å². The van der Waals surface area contributed by atoms with Gasteiger partial charge in [-0.15, -0.1) is 5.10 Å². The molecule has 2 saturated heterocycles. The van der Waals surface area contributed by atoms with Gasteiger partial charge in [-0.05, 0) is 55.9 Å². The van der Waals surface area contributed by atoms with Crippen LogP contribution in [0.4, 0.5) is 5.13 Å². The van der Waals surface area contributed by atoms with E-state index in [1.165, 1.54) is 10.3 Å². The van der Waals surface area contributed by atoms with Crippen LogP contribution in [0.25, 0.3) is 21.5 Å². The number of para-hydroxylation sites is 1. The molecule has 4 aliphatic rings. The predicted molar refractivity (Wildman–Crippen MR) is 154 cm³/mol. The number of fused-ring (bicyclic) bond motifs is 3. The molecule has 0 N–H and O–H groups in total. The average molecular weight is 583 g/mol. The first kappa shape index (κ1) is 24.6. The molecular formula is C29H29Cl2N5O2S. The molecule has 2 saturated carbocycles. The molecule has 10 heteroatoms. The topological polar surface area (TPSA) is 65.3 Å². The second-order valence-electron chi connectivity index (χ2n) is 11.3. The Labute approximate surface area is 241 Å². The van der Waals surface area contributed by atoms with Crippen LogP contribution < -0.4 is 4.90 Å². The lowest BCUT2D eigenvalue weighted by atomic mass is 9.98. The Morgan fingerprint density at radius 1 is 1.03 bits per heavy atom. The Morgan fingerprint density at radius 2 is 1.87 bits per heavy atom. The molecule has 0 amide bonds. The van der Waals surface area contributed by atoms with E-state index in [9.17, 15) is 0 Å². The van der Waals surface area contributed by atoms with Crippen LogP contribution in [0.2, 0.25) is 10.0 Å². The van der Waals surface area contributed by atoms with E-state index < -0.39 is 0 Å². The molecule has 4 atom stereocenters. The molecule has 2 bridgehead atoms. The van der Waals surface area contributed by atoms with Gasteiger partial charge < -0.3 is 14.4 Å². The average Bonchev–Trinajstić information content (AvgIpc) is 3.45. The standard InChI is InChI=1S/C29H29Cl2N5O2S/c30-21-4-2-5-22(31)26(21)28-23(36(34-33-28)18-7-8-18)15-38-24-12-19-11-17(24)13-35(19)29-32-27-20(16-9-10-37-14-16)3-1-6-25(27)39-29/h1-6,16-19,24H,7-15H2/t16-,17+,19+,24-/m1/s1. The molecule has 0 unspecified atom stereocenters. The van der Waals surface area contributed by atoms with Crippen molar-refractivity contribution in [2.24, 2.45) is 5.92 Å². The molecule has 0 spiro atoms. The van der Waals surface area contributed by atoms with Crippen LogP contribution >= 0.6 is 34.5 Å². The summed E-state index contributed by atoms with van der Waals surface area (Å²) in [4.78, 5) is 7.70. The molecule has 0 radical (unpaired) electrons. The van der Waals surface area contributed by atoms with Gasteiger partial charge in [0.15, 0.2) is 5.13 Å². The van der Waals surface area contributed by atoms with Gasteiger partial charge in [0.2, 0.25) is 0 Å². The molecule has 2 aliphatic carbocycles. The number of halogens is 2. The molecular weight excluding hydrogens is 553 g/mol. The first-order valence-electron chi connectivity index (χ1n) is 13.9. The molecule has 4 heterocycles. The van der Waals surface area contributed by atoms with Crippen LogP contribution in [0, 0.1) is 5.92 Å². The van der Waals surface area contributed by atoms with Crippen molar-refractivity contribution < 1.29 is 9.47 Å². The van der Waals surface area contributed by atoms with E-state index in [0.717, 1.165) is 79.5 Å². The van der Waals surface area contributed by atoms with Gasteiger partial charge in [0.05, 0.1) is 51.3 Å². The maximum absolute atomic E-state index is 6.63. The minimum absolute atomic E-state index is 0.212. The van der Waals surface area contributed by atoms with Crippen molar-refractivity contribution in [2.45, 2.75) is 62.8 Å². The summed E-state index contributed by atoms with van der Waals surface area (Å²) < 4.78 is 15.6. The van der Waals surface area contributed by atoms with E-state index in [4.69, 9.17) is 37.7 Å². The molecule has 202 valence electrons. The van der Waals surface area contributed by atoms with Gasteiger partial charge in [-0.3, -0.25) is 0 Å². The van der Waals surface area contributed by atoms with Crippen LogP contribution in [-0.4, -0.2) is 51.9 Å². The molecule has 4 aromatic rings. The van der Waals surface area contributed by atoms with Gasteiger partial charge in [0.1, 0.15) is 5.69 Å².